The molecule has 0 radical (unpaired) electrons. The topological polar surface area (TPSA) is 37.3 Å². The summed E-state index contributed by atoms with van der Waals surface area (Å²) < 4.78 is 0. The van der Waals surface area contributed by atoms with E-state index >= 15 is 0 Å². The van der Waals surface area contributed by atoms with E-state index in [1.165, 1.54) is 0 Å². The number of halogens is 1. The summed E-state index contributed by atoms with van der Waals surface area (Å²) in [7, 11) is 0. The van der Waals surface area contributed by atoms with Crippen LogP contribution in [0.3, 0.4) is 0 Å². The van der Waals surface area contributed by atoms with Crippen molar-refractivity contribution in [2.24, 2.45) is 0 Å². The Morgan fingerprint density at radius 3 is 2.53 bits per heavy atom. The van der Waals surface area contributed by atoms with Crippen LogP contribution >= 0.6 is 11.6 Å². The molecule has 1 aliphatic rings. The van der Waals surface area contributed by atoms with Crippen molar-refractivity contribution in [2.45, 2.75) is 6.42 Å². The first-order valence-corrected chi connectivity index (χ1v) is 6.34. The van der Waals surface area contributed by atoms with Crippen molar-refractivity contribution in [3.05, 3.63) is 69.8 Å². The third kappa shape index (κ3) is 2.15. The predicted molar refractivity (Wildman–Crippen MR) is 75.6 cm³/mol. The summed E-state index contributed by atoms with van der Waals surface area (Å²) in [5.41, 5.74) is 2.94. The molecule has 0 saturated heterocycles. The molecule has 0 heterocycles. The number of Topliss-reactive ketones (excluding diaryl/α,β-unsaturated/α-hetero) is 1. The van der Waals surface area contributed by atoms with Crippen LogP contribution in [0.15, 0.2) is 48.0 Å². The van der Waals surface area contributed by atoms with Crippen LogP contribution in [-0.2, 0) is 6.42 Å². The highest BCUT2D eigenvalue weighted by atomic mass is 35.5. The van der Waals surface area contributed by atoms with Crippen molar-refractivity contribution in [3.63, 3.8) is 0 Å². The van der Waals surface area contributed by atoms with Gasteiger partial charge >= 0.3 is 0 Å². The predicted octanol–water partition coefficient (Wildman–Crippen LogP) is 3.87. The smallest absolute Gasteiger partial charge is 0.189 e. The Hall–Kier alpha value is -2.06. The molecule has 1 aliphatic carbocycles. The number of hydrogen-bond acceptors (Lipinski definition) is 2. The minimum absolute atomic E-state index is 0.0131. The lowest BCUT2D eigenvalue weighted by atomic mass is 10.1. The molecule has 3 rings (SSSR count). The van der Waals surface area contributed by atoms with Gasteiger partial charge in [-0.2, -0.15) is 0 Å². The van der Waals surface area contributed by atoms with Crippen LogP contribution in [0.25, 0.3) is 6.08 Å². The van der Waals surface area contributed by atoms with Crippen LogP contribution in [0.2, 0.25) is 5.02 Å². The first-order valence-electron chi connectivity index (χ1n) is 5.97. The molecule has 0 aromatic heterocycles. The summed E-state index contributed by atoms with van der Waals surface area (Å²) in [6, 6.07) is 12.4. The summed E-state index contributed by atoms with van der Waals surface area (Å²) in [5.74, 6) is 0.172. The van der Waals surface area contributed by atoms with Gasteiger partial charge in [-0.3, -0.25) is 4.79 Å². The maximum atomic E-state index is 12.2. The summed E-state index contributed by atoms with van der Waals surface area (Å²) >= 11 is 5.83. The Morgan fingerprint density at radius 1 is 1.11 bits per heavy atom. The lowest BCUT2D eigenvalue weighted by Crippen LogP contribution is -1.94. The summed E-state index contributed by atoms with van der Waals surface area (Å²) in [4.78, 5) is 12.2. The highest BCUT2D eigenvalue weighted by Crippen LogP contribution is 2.33. The number of fused-ring (bicyclic) bond motifs is 1. The van der Waals surface area contributed by atoms with Crippen LogP contribution in [0.4, 0.5) is 0 Å². The molecule has 1 N–H and O–H groups in total. The first kappa shape index (κ1) is 12.0. The molecule has 2 aromatic rings. The Bertz CT molecular complexity index is 684. The Balaban J connectivity index is 2.00. The molecule has 94 valence electrons. The van der Waals surface area contributed by atoms with E-state index < -0.39 is 0 Å². The Labute approximate surface area is 116 Å². The van der Waals surface area contributed by atoms with E-state index in [-0.39, 0.29) is 11.5 Å². The molecular formula is C16H11ClO2. The second kappa shape index (κ2) is 4.56. The summed E-state index contributed by atoms with van der Waals surface area (Å²) in [6.07, 6.45) is 2.32. The molecule has 2 nitrogen and oxygen atoms in total. The molecule has 2 aromatic carbocycles. The molecule has 19 heavy (non-hydrogen) atoms. The zero-order valence-electron chi connectivity index (χ0n) is 10.1. The van der Waals surface area contributed by atoms with E-state index in [1.807, 2.05) is 18.2 Å². The lowest BCUT2D eigenvalue weighted by molar-refractivity contribution is 0.104. The van der Waals surface area contributed by atoms with Crippen molar-refractivity contribution in [3.8, 4) is 5.75 Å². The third-order valence-electron chi connectivity index (χ3n) is 3.27. The standard InChI is InChI=1S/C16H11ClO2/c17-12-6-4-10(5-7-12)8-11-9-14-13(16(11)19)2-1-3-15(14)18/h1-8,18H,9H2/b11-8-. The van der Waals surface area contributed by atoms with E-state index in [4.69, 9.17) is 11.6 Å². The molecule has 0 unspecified atom stereocenters. The van der Waals surface area contributed by atoms with Gasteiger partial charge < -0.3 is 5.11 Å². The van der Waals surface area contributed by atoms with E-state index in [0.717, 1.165) is 5.56 Å². The highest BCUT2D eigenvalue weighted by molar-refractivity contribution is 6.30. The Kier molecular flexibility index (Phi) is 2.88. The monoisotopic (exact) mass is 270 g/mol. The van der Waals surface area contributed by atoms with Crippen LogP contribution < -0.4 is 0 Å². The molecule has 0 spiro atoms. The normalized spacial score (nSPS) is 15.8. The molecule has 0 atom stereocenters. The molecule has 0 saturated carbocycles. The van der Waals surface area contributed by atoms with Crippen LogP contribution in [0.5, 0.6) is 5.75 Å². The lowest BCUT2D eigenvalue weighted by Gasteiger charge is -1.98. The van der Waals surface area contributed by atoms with E-state index in [2.05, 4.69) is 0 Å². The van der Waals surface area contributed by atoms with Gasteiger partial charge in [0.15, 0.2) is 5.78 Å². The fourth-order valence-electron chi connectivity index (χ4n) is 2.29. The SMILES string of the molecule is O=C1/C(=C\c2ccc(Cl)cc2)Cc2c(O)cccc21. The fraction of sp³-hybridized carbons (Fsp3) is 0.0625. The van der Waals surface area contributed by atoms with E-state index in [0.29, 0.717) is 28.1 Å². The largest absolute Gasteiger partial charge is 0.508 e. The van der Waals surface area contributed by atoms with Crippen molar-refractivity contribution < 1.29 is 9.90 Å². The minimum atomic E-state index is -0.0131. The average molecular weight is 271 g/mol. The highest BCUT2D eigenvalue weighted by Gasteiger charge is 2.26. The van der Waals surface area contributed by atoms with Gasteiger partial charge in [-0.1, -0.05) is 35.9 Å². The number of carbonyl (C=O) groups is 1. The van der Waals surface area contributed by atoms with Crippen LogP contribution in [0.1, 0.15) is 21.5 Å². The van der Waals surface area contributed by atoms with Gasteiger partial charge in [0, 0.05) is 28.1 Å². The van der Waals surface area contributed by atoms with Crippen LogP contribution in [0, 0.1) is 0 Å². The molecule has 0 bridgehead atoms. The number of carbonyl (C=O) groups excluding carboxylic acids is 1. The first-order chi connectivity index (χ1) is 9.15. The zero-order valence-corrected chi connectivity index (χ0v) is 10.8. The zero-order chi connectivity index (χ0) is 13.4. The van der Waals surface area contributed by atoms with Crippen LogP contribution in [-0.4, -0.2) is 10.9 Å². The van der Waals surface area contributed by atoms with Gasteiger partial charge in [-0.25, -0.2) is 0 Å². The Morgan fingerprint density at radius 2 is 1.84 bits per heavy atom. The van der Waals surface area contributed by atoms with Crippen molar-refractivity contribution >= 4 is 23.5 Å². The van der Waals surface area contributed by atoms with Gasteiger partial charge in [0.2, 0.25) is 0 Å². The van der Waals surface area contributed by atoms with E-state index in [9.17, 15) is 9.90 Å². The number of phenolic OH excluding ortho intramolecular Hbond substituents is 1. The average Bonchev–Trinajstić information content (AvgIpc) is 2.72. The van der Waals surface area contributed by atoms with Gasteiger partial charge in [0.1, 0.15) is 5.75 Å². The summed E-state index contributed by atoms with van der Waals surface area (Å²) in [6.45, 7) is 0. The summed E-state index contributed by atoms with van der Waals surface area (Å²) in [5, 5.41) is 10.4. The molecule has 0 amide bonds. The van der Waals surface area contributed by atoms with Gasteiger partial charge in [0.05, 0.1) is 0 Å². The van der Waals surface area contributed by atoms with Crippen molar-refractivity contribution in [1.82, 2.24) is 0 Å². The second-order valence-electron chi connectivity index (χ2n) is 4.53. The van der Waals surface area contributed by atoms with Gasteiger partial charge in [0.25, 0.3) is 0 Å². The van der Waals surface area contributed by atoms with E-state index in [1.54, 1.807) is 30.3 Å². The fourth-order valence-corrected chi connectivity index (χ4v) is 2.42. The molecular weight excluding hydrogens is 260 g/mol. The second-order valence-corrected chi connectivity index (χ2v) is 4.97. The number of aromatic hydroxyl groups is 1. The molecule has 0 aliphatic heterocycles. The molecule has 0 fully saturated rings. The number of phenols is 1. The maximum Gasteiger partial charge on any atom is 0.189 e. The van der Waals surface area contributed by atoms with Crippen molar-refractivity contribution in [1.29, 1.82) is 0 Å². The van der Waals surface area contributed by atoms with Gasteiger partial charge in [-0.05, 0) is 29.8 Å². The quantitative estimate of drug-likeness (QED) is 0.799. The number of ketones is 1. The van der Waals surface area contributed by atoms with Gasteiger partial charge in [-0.15, -0.1) is 0 Å². The number of benzene rings is 2. The minimum Gasteiger partial charge on any atom is -0.508 e. The number of rotatable bonds is 1. The maximum absolute atomic E-state index is 12.2. The third-order valence-corrected chi connectivity index (χ3v) is 3.52. The number of allylic oxidation sites excluding steroid dienone is 1. The molecule has 3 heteroatoms. The van der Waals surface area contributed by atoms with Crippen molar-refractivity contribution in [2.75, 3.05) is 0 Å². The number of hydrogen-bond donors (Lipinski definition) is 1.